The molecule has 1 aliphatic rings. The summed E-state index contributed by atoms with van der Waals surface area (Å²) < 4.78 is 7.25. The molecule has 0 bridgehead atoms. The predicted molar refractivity (Wildman–Crippen MR) is 117 cm³/mol. The lowest BCUT2D eigenvalue weighted by molar-refractivity contribution is -0.118. The van der Waals surface area contributed by atoms with Crippen molar-refractivity contribution >= 4 is 40.7 Å². The minimum Gasteiger partial charge on any atom is -0.482 e. The number of hydrogen-bond donors (Lipinski definition) is 1. The van der Waals surface area contributed by atoms with Crippen molar-refractivity contribution in [3.8, 4) is 17.0 Å². The summed E-state index contributed by atoms with van der Waals surface area (Å²) in [4.78, 5) is 17.1. The van der Waals surface area contributed by atoms with Gasteiger partial charge >= 0.3 is 0 Å². The van der Waals surface area contributed by atoms with E-state index in [4.69, 9.17) is 16.3 Å². The number of amides is 1. The second-order valence-corrected chi connectivity index (χ2v) is 8.00. The van der Waals surface area contributed by atoms with Gasteiger partial charge in [-0.25, -0.2) is 4.68 Å². The van der Waals surface area contributed by atoms with Crippen LogP contribution in [0.2, 0.25) is 5.02 Å². The van der Waals surface area contributed by atoms with Gasteiger partial charge < -0.3 is 10.1 Å². The molecule has 0 saturated carbocycles. The van der Waals surface area contributed by atoms with Crippen LogP contribution >= 0.6 is 22.9 Å². The summed E-state index contributed by atoms with van der Waals surface area (Å²) >= 11 is 7.77. The summed E-state index contributed by atoms with van der Waals surface area (Å²) in [5, 5.41) is 10.1. The smallest absolute Gasteiger partial charge is 0.262 e. The van der Waals surface area contributed by atoms with Gasteiger partial charge in [-0.15, -0.1) is 11.3 Å². The minimum atomic E-state index is -0.167. The van der Waals surface area contributed by atoms with Gasteiger partial charge in [0, 0.05) is 27.6 Å². The largest absolute Gasteiger partial charge is 0.482 e. The number of aromatic nitrogens is 1. The lowest BCUT2D eigenvalue weighted by atomic mass is 10.1. The van der Waals surface area contributed by atoms with Crippen molar-refractivity contribution in [1.29, 1.82) is 0 Å². The molecule has 0 atom stereocenters. The first-order chi connectivity index (χ1) is 14.0. The third-order valence-corrected chi connectivity index (χ3v) is 5.35. The standard InChI is InChI=1S/C21H19ClN4O2S/c1-13(2)24-21-26(23-10-15-5-3-4-6-16(15)22)18(12-29-21)14-7-8-19-17(9-14)25-20(27)11-28-19/h3-10,12-13H,11H2,1-2H3,(H,25,27). The van der Waals surface area contributed by atoms with Gasteiger partial charge in [-0.3, -0.25) is 9.79 Å². The zero-order chi connectivity index (χ0) is 20.4. The van der Waals surface area contributed by atoms with Crippen LogP contribution in [0.25, 0.3) is 11.3 Å². The van der Waals surface area contributed by atoms with E-state index >= 15 is 0 Å². The zero-order valence-corrected chi connectivity index (χ0v) is 17.5. The number of fused-ring (bicyclic) bond motifs is 1. The fourth-order valence-electron chi connectivity index (χ4n) is 2.86. The molecule has 0 unspecified atom stereocenters. The summed E-state index contributed by atoms with van der Waals surface area (Å²) in [6.07, 6.45) is 1.72. The average molecular weight is 427 g/mol. The van der Waals surface area contributed by atoms with Crippen LogP contribution in [-0.2, 0) is 4.79 Å². The maximum absolute atomic E-state index is 11.7. The molecule has 0 spiro atoms. The predicted octanol–water partition coefficient (Wildman–Crippen LogP) is 4.39. The first-order valence-electron chi connectivity index (χ1n) is 9.11. The SMILES string of the molecule is CC(C)N=c1scc(-c2ccc3c(c2)NC(=O)CO3)n1N=Cc1ccccc1Cl. The van der Waals surface area contributed by atoms with E-state index in [0.717, 1.165) is 21.6 Å². The number of rotatable bonds is 4. The van der Waals surface area contributed by atoms with Crippen LogP contribution in [0.15, 0.2) is 57.9 Å². The highest BCUT2D eigenvalue weighted by atomic mass is 35.5. The summed E-state index contributed by atoms with van der Waals surface area (Å²) in [7, 11) is 0. The molecule has 4 rings (SSSR count). The Morgan fingerprint density at radius 2 is 2.10 bits per heavy atom. The van der Waals surface area contributed by atoms with Gasteiger partial charge in [-0.05, 0) is 38.1 Å². The molecule has 0 aliphatic carbocycles. The van der Waals surface area contributed by atoms with Crippen LogP contribution in [0.4, 0.5) is 5.69 Å². The van der Waals surface area contributed by atoms with Crippen molar-refractivity contribution in [1.82, 2.24) is 4.68 Å². The van der Waals surface area contributed by atoms with E-state index in [-0.39, 0.29) is 18.6 Å². The van der Waals surface area contributed by atoms with Crippen LogP contribution in [0.3, 0.4) is 0 Å². The third-order valence-electron chi connectivity index (χ3n) is 4.18. The fourth-order valence-corrected chi connectivity index (χ4v) is 4.02. The monoisotopic (exact) mass is 426 g/mol. The molecule has 1 aromatic heterocycles. The quantitative estimate of drug-likeness (QED) is 0.628. The van der Waals surface area contributed by atoms with Gasteiger partial charge in [0.25, 0.3) is 5.91 Å². The van der Waals surface area contributed by atoms with Gasteiger partial charge in [0.05, 0.1) is 17.6 Å². The number of nitrogens with one attached hydrogen (secondary N) is 1. The molecule has 1 N–H and O–H groups in total. The first kappa shape index (κ1) is 19.4. The van der Waals surface area contributed by atoms with E-state index in [2.05, 4.69) is 15.4 Å². The van der Waals surface area contributed by atoms with Gasteiger partial charge in [0.1, 0.15) is 5.75 Å². The second-order valence-electron chi connectivity index (χ2n) is 6.75. The molecule has 29 heavy (non-hydrogen) atoms. The molecule has 2 heterocycles. The van der Waals surface area contributed by atoms with Crippen LogP contribution in [0.5, 0.6) is 5.75 Å². The Kier molecular flexibility index (Phi) is 5.51. The van der Waals surface area contributed by atoms with Crippen molar-refractivity contribution in [2.75, 3.05) is 11.9 Å². The number of carbonyl (C=O) groups excluding carboxylic acids is 1. The van der Waals surface area contributed by atoms with Crippen LogP contribution < -0.4 is 14.9 Å². The Bertz CT molecular complexity index is 1160. The molecule has 1 amide bonds. The van der Waals surface area contributed by atoms with Crippen molar-refractivity contribution in [3.05, 3.63) is 63.2 Å². The third kappa shape index (κ3) is 4.26. The average Bonchev–Trinajstić information content (AvgIpc) is 3.08. The molecule has 0 fully saturated rings. The number of anilines is 1. The maximum atomic E-state index is 11.7. The van der Waals surface area contributed by atoms with Gasteiger partial charge in [0.2, 0.25) is 4.80 Å². The van der Waals surface area contributed by atoms with E-state index in [1.54, 1.807) is 10.9 Å². The summed E-state index contributed by atoms with van der Waals surface area (Å²) in [6, 6.07) is 13.3. The summed E-state index contributed by atoms with van der Waals surface area (Å²) in [5.41, 5.74) is 3.22. The molecule has 1 aliphatic heterocycles. The molecule has 148 valence electrons. The number of ether oxygens (including phenoxy) is 1. The van der Waals surface area contributed by atoms with E-state index in [1.807, 2.05) is 61.7 Å². The first-order valence-corrected chi connectivity index (χ1v) is 10.4. The minimum absolute atomic E-state index is 0.0321. The number of nitrogens with zero attached hydrogens (tertiary/aromatic N) is 3. The van der Waals surface area contributed by atoms with E-state index < -0.39 is 0 Å². The van der Waals surface area contributed by atoms with Crippen molar-refractivity contribution in [2.24, 2.45) is 10.1 Å². The molecule has 0 saturated heterocycles. The number of benzene rings is 2. The Morgan fingerprint density at radius 3 is 2.90 bits per heavy atom. The molecule has 3 aromatic rings. The maximum Gasteiger partial charge on any atom is 0.262 e. The highest BCUT2D eigenvalue weighted by Gasteiger charge is 2.17. The highest BCUT2D eigenvalue weighted by molar-refractivity contribution is 7.07. The van der Waals surface area contributed by atoms with Gasteiger partial charge in [-0.2, -0.15) is 5.10 Å². The topological polar surface area (TPSA) is 68.0 Å². The summed E-state index contributed by atoms with van der Waals surface area (Å²) in [5.74, 6) is 0.488. The Hall–Kier alpha value is -2.90. The van der Waals surface area contributed by atoms with Crippen LogP contribution in [0, 0.1) is 0 Å². The van der Waals surface area contributed by atoms with E-state index in [1.165, 1.54) is 11.3 Å². The number of hydrogen-bond acceptors (Lipinski definition) is 5. The highest BCUT2D eigenvalue weighted by Crippen LogP contribution is 2.32. The van der Waals surface area contributed by atoms with E-state index in [9.17, 15) is 4.79 Å². The Labute approximate surface area is 177 Å². The van der Waals surface area contributed by atoms with Crippen LogP contribution in [0.1, 0.15) is 19.4 Å². The van der Waals surface area contributed by atoms with Gasteiger partial charge in [-0.1, -0.05) is 29.8 Å². The number of thiazole rings is 1. The normalized spacial score (nSPS) is 14.2. The molecular formula is C21H19ClN4O2S. The second kappa shape index (κ2) is 8.23. The molecular weight excluding hydrogens is 408 g/mol. The van der Waals surface area contributed by atoms with Crippen molar-refractivity contribution in [2.45, 2.75) is 19.9 Å². The van der Waals surface area contributed by atoms with Crippen molar-refractivity contribution < 1.29 is 9.53 Å². The number of carbonyl (C=O) groups is 1. The lowest BCUT2D eigenvalue weighted by Crippen LogP contribution is -2.25. The molecule has 2 aromatic carbocycles. The Balaban J connectivity index is 1.81. The van der Waals surface area contributed by atoms with E-state index in [0.29, 0.717) is 16.5 Å². The number of halogens is 1. The van der Waals surface area contributed by atoms with Crippen LogP contribution in [-0.4, -0.2) is 29.4 Å². The Morgan fingerprint density at radius 1 is 1.28 bits per heavy atom. The van der Waals surface area contributed by atoms with Crippen molar-refractivity contribution in [3.63, 3.8) is 0 Å². The lowest BCUT2D eigenvalue weighted by Gasteiger charge is -2.18. The fraction of sp³-hybridized carbons (Fsp3) is 0.190. The zero-order valence-electron chi connectivity index (χ0n) is 15.9. The molecule has 0 radical (unpaired) electrons. The summed E-state index contributed by atoms with van der Waals surface area (Å²) in [6.45, 7) is 4.07. The van der Waals surface area contributed by atoms with Gasteiger partial charge in [0.15, 0.2) is 6.61 Å². The molecule has 8 heteroatoms. The molecule has 6 nitrogen and oxygen atoms in total.